The summed E-state index contributed by atoms with van der Waals surface area (Å²) >= 11 is 0. The van der Waals surface area contributed by atoms with E-state index >= 15 is 0 Å². The molecule has 0 bridgehead atoms. The highest BCUT2D eigenvalue weighted by Gasteiger charge is 2.30. The molecule has 5 N–H and O–H groups in total. The molecule has 0 aliphatic heterocycles. The van der Waals surface area contributed by atoms with Crippen molar-refractivity contribution >= 4 is 5.97 Å². The van der Waals surface area contributed by atoms with Gasteiger partial charge in [-0.25, -0.2) is 0 Å². The van der Waals surface area contributed by atoms with Crippen LogP contribution >= 0.6 is 0 Å². The highest BCUT2D eigenvalue weighted by Crippen LogP contribution is 2.15. The standard InChI is InChI=1S/C27H54O7/c1-2-3-4-5-6-7-8-9-10-11-12-13-14-15-16-17-18-19-20-25(31)34-22-24(30)27(33)26(32)23(29)21-28/h23-24,26-30,32-33H,2-22H2,1H3/t23-,24+,26+,27+/m0/s1/i1D. The molecule has 0 aliphatic rings. The van der Waals surface area contributed by atoms with Crippen molar-refractivity contribution < 1.29 is 36.4 Å². The lowest BCUT2D eigenvalue weighted by molar-refractivity contribution is -0.156. The zero-order valence-corrected chi connectivity index (χ0v) is 21.4. The van der Waals surface area contributed by atoms with Crippen molar-refractivity contribution in [2.75, 3.05) is 13.2 Å². The Morgan fingerprint density at radius 1 is 0.647 bits per heavy atom. The number of aliphatic hydroxyl groups is 5. The Bertz CT molecular complexity index is 467. The number of aliphatic hydroxyl groups excluding tert-OH is 5. The Hall–Kier alpha value is -0.730. The lowest BCUT2D eigenvalue weighted by atomic mass is 10.0. The van der Waals surface area contributed by atoms with Crippen molar-refractivity contribution in [1.29, 1.82) is 0 Å². The summed E-state index contributed by atoms with van der Waals surface area (Å²) in [5.74, 6) is -0.464. The molecule has 34 heavy (non-hydrogen) atoms. The van der Waals surface area contributed by atoms with Gasteiger partial charge in [0.25, 0.3) is 0 Å². The maximum atomic E-state index is 11.7. The van der Waals surface area contributed by atoms with E-state index in [4.69, 9.17) is 11.2 Å². The molecular weight excluding hydrogens is 436 g/mol. The first-order valence-corrected chi connectivity index (χ1v) is 13.7. The van der Waals surface area contributed by atoms with Gasteiger partial charge in [-0.15, -0.1) is 0 Å². The lowest BCUT2D eigenvalue weighted by Gasteiger charge is -2.25. The third kappa shape index (κ3) is 19.6. The van der Waals surface area contributed by atoms with Crippen LogP contribution in [0, 0.1) is 0 Å². The molecule has 0 aromatic heterocycles. The monoisotopic (exact) mass is 491 g/mol. The van der Waals surface area contributed by atoms with Gasteiger partial charge < -0.3 is 30.3 Å². The van der Waals surface area contributed by atoms with Crippen LogP contribution in [0.5, 0.6) is 0 Å². The number of rotatable bonds is 25. The Kier molecular flexibility index (Phi) is 22.1. The van der Waals surface area contributed by atoms with E-state index in [0.29, 0.717) is 13.3 Å². The van der Waals surface area contributed by atoms with Crippen LogP contribution in [-0.4, -0.2) is 69.1 Å². The van der Waals surface area contributed by atoms with Gasteiger partial charge in [0.2, 0.25) is 0 Å². The quantitative estimate of drug-likeness (QED) is 0.0946. The number of esters is 1. The summed E-state index contributed by atoms with van der Waals surface area (Å²) in [4.78, 5) is 11.7. The molecule has 0 aliphatic carbocycles. The molecule has 0 spiro atoms. The van der Waals surface area contributed by atoms with Crippen LogP contribution in [0.2, 0.25) is 0 Å². The molecule has 0 rings (SSSR count). The van der Waals surface area contributed by atoms with Gasteiger partial charge in [-0.1, -0.05) is 116 Å². The first-order chi connectivity index (χ1) is 16.9. The zero-order chi connectivity index (χ0) is 26.2. The van der Waals surface area contributed by atoms with Crippen molar-refractivity contribution in [3.63, 3.8) is 0 Å². The Morgan fingerprint density at radius 2 is 1.03 bits per heavy atom. The lowest BCUT2D eigenvalue weighted by Crippen LogP contribution is -2.47. The average molecular weight is 492 g/mol. The maximum absolute atomic E-state index is 11.7. The molecule has 0 aromatic carbocycles. The summed E-state index contributed by atoms with van der Waals surface area (Å²) in [5.41, 5.74) is 0. The van der Waals surface area contributed by atoms with Crippen LogP contribution < -0.4 is 0 Å². The van der Waals surface area contributed by atoms with Crippen molar-refractivity contribution in [3.8, 4) is 0 Å². The second-order valence-corrected chi connectivity index (χ2v) is 9.60. The highest BCUT2D eigenvalue weighted by atomic mass is 16.5. The molecular formula is C27H54O7. The molecule has 0 heterocycles. The van der Waals surface area contributed by atoms with E-state index in [2.05, 4.69) is 0 Å². The fourth-order valence-corrected chi connectivity index (χ4v) is 4.01. The molecule has 0 aromatic rings. The second kappa shape index (κ2) is 24.0. The minimum Gasteiger partial charge on any atom is -0.463 e. The van der Waals surface area contributed by atoms with Crippen molar-refractivity contribution in [2.45, 2.75) is 153 Å². The average Bonchev–Trinajstić information content (AvgIpc) is 2.87. The zero-order valence-electron chi connectivity index (χ0n) is 22.4. The van der Waals surface area contributed by atoms with Crippen LogP contribution in [-0.2, 0) is 9.53 Å². The predicted molar refractivity (Wildman–Crippen MR) is 135 cm³/mol. The van der Waals surface area contributed by atoms with Gasteiger partial charge in [-0.2, -0.15) is 0 Å². The van der Waals surface area contributed by atoms with E-state index in [1.165, 1.54) is 89.9 Å². The van der Waals surface area contributed by atoms with Crippen LogP contribution in [0.25, 0.3) is 0 Å². The van der Waals surface area contributed by atoms with E-state index < -0.39 is 43.6 Å². The number of hydrogen-bond donors (Lipinski definition) is 5. The van der Waals surface area contributed by atoms with E-state index in [1.54, 1.807) is 0 Å². The third-order valence-electron chi connectivity index (χ3n) is 6.37. The molecule has 0 amide bonds. The predicted octanol–water partition coefficient (Wildman–Crippen LogP) is 4.40. The number of hydrogen-bond acceptors (Lipinski definition) is 7. The smallest absolute Gasteiger partial charge is 0.305 e. The van der Waals surface area contributed by atoms with Gasteiger partial charge in [0, 0.05) is 7.79 Å². The van der Waals surface area contributed by atoms with E-state index in [-0.39, 0.29) is 6.42 Å². The van der Waals surface area contributed by atoms with E-state index in [9.17, 15) is 25.2 Å². The number of ether oxygens (including phenoxy) is 1. The topological polar surface area (TPSA) is 127 Å². The van der Waals surface area contributed by atoms with Crippen molar-refractivity contribution in [3.05, 3.63) is 0 Å². The fraction of sp³-hybridized carbons (Fsp3) is 0.963. The minimum atomic E-state index is -1.72. The Balaban J connectivity index is 3.38. The summed E-state index contributed by atoms with van der Waals surface area (Å²) in [6.07, 6.45) is 15.9. The second-order valence-electron chi connectivity index (χ2n) is 9.60. The summed E-state index contributed by atoms with van der Waals surface area (Å²) in [6.45, 7) is -0.640. The van der Waals surface area contributed by atoms with Crippen molar-refractivity contribution in [1.82, 2.24) is 0 Å². The van der Waals surface area contributed by atoms with Gasteiger partial charge in [-0.05, 0) is 6.42 Å². The van der Waals surface area contributed by atoms with Gasteiger partial charge in [0.05, 0.1) is 6.61 Å². The number of carbonyl (C=O) groups excluding carboxylic acids is 1. The largest absolute Gasteiger partial charge is 0.463 e. The van der Waals surface area contributed by atoms with Crippen LogP contribution in [0.1, 0.15) is 130 Å². The molecule has 7 nitrogen and oxygen atoms in total. The van der Waals surface area contributed by atoms with Crippen LogP contribution in [0.4, 0.5) is 0 Å². The molecule has 204 valence electrons. The highest BCUT2D eigenvalue weighted by molar-refractivity contribution is 5.69. The van der Waals surface area contributed by atoms with Gasteiger partial charge >= 0.3 is 5.97 Å². The minimum absolute atomic E-state index is 0.247. The third-order valence-corrected chi connectivity index (χ3v) is 6.37. The van der Waals surface area contributed by atoms with Crippen LogP contribution in [0.15, 0.2) is 0 Å². The van der Waals surface area contributed by atoms with Gasteiger partial charge in [0.1, 0.15) is 31.0 Å². The maximum Gasteiger partial charge on any atom is 0.305 e. The Morgan fingerprint density at radius 3 is 1.44 bits per heavy atom. The van der Waals surface area contributed by atoms with Crippen LogP contribution in [0.3, 0.4) is 0 Å². The summed E-state index contributed by atoms with van der Waals surface area (Å²) in [7, 11) is 0. The number of carbonyl (C=O) groups is 1. The summed E-state index contributed by atoms with van der Waals surface area (Å²) in [5, 5.41) is 47.0. The first kappa shape index (κ1) is 31.3. The Labute approximate surface area is 209 Å². The van der Waals surface area contributed by atoms with Crippen molar-refractivity contribution in [2.24, 2.45) is 0 Å². The molecule has 0 saturated carbocycles. The molecule has 0 fully saturated rings. The molecule has 0 saturated heterocycles. The first-order valence-electron chi connectivity index (χ1n) is 14.4. The van der Waals surface area contributed by atoms with Gasteiger partial charge in [0.15, 0.2) is 0 Å². The normalized spacial score (nSPS) is 15.5. The molecule has 4 atom stereocenters. The van der Waals surface area contributed by atoms with E-state index in [1.807, 2.05) is 0 Å². The SMILES string of the molecule is [2H]CCCCCCCCCCCCCCCCCCCCC(=O)OC[C@@H](O)[C@@H](O)[C@H](O)[C@@H](O)CO. The summed E-state index contributed by atoms with van der Waals surface area (Å²) < 4.78 is 12.0. The summed E-state index contributed by atoms with van der Waals surface area (Å²) in [6, 6.07) is 0. The van der Waals surface area contributed by atoms with E-state index in [0.717, 1.165) is 19.3 Å². The van der Waals surface area contributed by atoms with Gasteiger partial charge in [-0.3, -0.25) is 4.79 Å². The molecule has 0 radical (unpaired) electrons. The molecule has 0 unspecified atom stereocenters. The molecule has 7 heteroatoms. The fourth-order valence-electron chi connectivity index (χ4n) is 4.01. The number of unbranched alkanes of at least 4 members (excludes halogenated alkanes) is 17.